The van der Waals surface area contributed by atoms with Crippen molar-refractivity contribution in [1.82, 2.24) is 0 Å². The lowest BCUT2D eigenvalue weighted by atomic mass is 10.1. The molecule has 452 valence electrons. The van der Waals surface area contributed by atoms with Gasteiger partial charge in [-0.15, -0.1) is 0 Å². The first kappa shape index (κ1) is 75.5. The molecule has 0 heterocycles. The van der Waals surface area contributed by atoms with Gasteiger partial charge in [-0.25, -0.2) is 0 Å². The standard InChI is InChI=1S/C75H116O6/c1-4-7-10-13-16-19-22-24-26-28-29-30-31-32-33-34-35-36-37-38-39-40-41-42-43-44-45-47-48-50-53-56-59-62-65-68-74(77)80-71-72(70-79-73(76)67-64-61-58-55-52-21-18-15-12-9-6-3)81-75(78)69-66-63-60-57-54-51-49-46-27-25-23-20-17-14-11-8-5-2/h7-8,10-11,15-20,24-27,29-30,32-33,35-36,38-39,41-42,44-45,48-51,72H,4-6,9,12-14,21-23,28,31,34,37,40,43,46-47,52-71H2,1-3H3/b10-7-,11-8-,18-15-,19-16-,20-17-,26-24-,27-25-,30-29-,33-32-,36-35-,39-38-,42-41-,45-44-,50-48-,51-49-. The van der Waals surface area contributed by atoms with Crippen molar-refractivity contribution >= 4 is 17.9 Å². The van der Waals surface area contributed by atoms with Crippen molar-refractivity contribution in [1.29, 1.82) is 0 Å². The highest BCUT2D eigenvalue weighted by Crippen LogP contribution is 2.13. The summed E-state index contributed by atoms with van der Waals surface area (Å²) < 4.78 is 16.8. The van der Waals surface area contributed by atoms with Crippen LogP contribution in [0.3, 0.4) is 0 Å². The fourth-order valence-electron chi connectivity index (χ4n) is 8.09. The summed E-state index contributed by atoms with van der Waals surface area (Å²) in [5, 5.41) is 0. The van der Waals surface area contributed by atoms with Crippen LogP contribution in [0.15, 0.2) is 182 Å². The molecule has 0 aromatic rings. The zero-order valence-electron chi connectivity index (χ0n) is 51.7. The molecule has 0 saturated carbocycles. The lowest BCUT2D eigenvalue weighted by Crippen LogP contribution is -2.30. The van der Waals surface area contributed by atoms with Gasteiger partial charge in [-0.1, -0.05) is 261 Å². The smallest absolute Gasteiger partial charge is 0.306 e. The molecule has 0 aromatic heterocycles. The van der Waals surface area contributed by atoms with Crippen LogP contribution in [0.25, 0.3) is 0 Å². The van der Waals surface area contributed by atoms with Gasteiger partial charge in [0, 0.05) is 19.3 Å². The van der Waals surface area contributed by atoms with Crippen LogP contribution in [-0.4, -0.2) is 37.2 Å². The minimum atomic E-state index is -0.815. The number of hydrogen-bond donors (Lipinski definition) is 0. The van der Waals surface area contributed by atoms with Crippen LogP contribution in [0.4, 0.5) is 0 Å². The Balaban J connectivity index is 4.35. The summed E-state index contributed by atoms with van der Waals surface area (Å²) in [6, 6.07) is 0. The second kappa shape index (κ2) is 67.0. The van der Waals surface area contributed by atoms with E-state index < -0.39 is 6.10 Å². The zero-order chi connectivity index (χ0) is 58.5. The van der Waals surface area contributed by atoms with Gasteiger partial charge >= 0.3 is 17.9 Å². The number of carbonyl (C=O) groups is 3. The predicted octanol–water partition coefficient (Wildman–Crippen LogP) is 22.4. The SMILES string of the molecule is CC/C=C\C/C=C\C/C=C\C/C=C\C/C=C\C/C=C\C/C=C\C/C=C\C/C=C\C/C=C\CCCCCCC(=O)OCC(COC(=O)CCCCCCC/C=C\CCCC)OC(=O)CCCCCC/C=C\C/C=C\C/C=C\C/C=C\CC. The van der Waals surface area contributed by atoms with Gasteiger partial charge in [-0.05, 0) is 154 Å². The molecule has 0 aromatic carbocycles. The third-order valence-electron chi connectivity index (χ3n) is 12.9. The van der Waals surface area contributed by atoms with Gasteiger partial charge < -0.3 is 14.2 Å². The summed E-state index contributed by atoms with van der Waals surface area (Å²) in [5.41, 5.74) is 0. The molecular weight excluding hydrogens is 997 g/mol. The molecule has 1 atom stereocenters. The molecule has 1 unspecified atom stereocenters. The van der Waals surface area contributed by atoms with E-state index in [4.69, 9.17) is 14.2 Å². The van der Waals surface area contributed by atoms with E-state index in [2.05, 4.69) is 203 Å². The van der Waals surface area contributed by atoms with Crippen molar-refractivity contribution in [2.24, 2.45) is 0 Å². The molecule has 6 nitrogen and oxygen atoms in total. The van der Waals surface area contributed by atoms with Gasteiger partial charge in [0.2, 0.25) is 0 Å². The topological polar surface area (TPSA) is 78.9 Å². The minimum Gasteiger partial charge on any atom is -0.462 e. The molecule has 6 heteroatoms. The van der Waals surface area contributed by atoms with E-state index in [-0.39, 0.29) is 37.5 Å². The van der Waals surface area contributed by atoms with Gasteiger partial charge in [-0.3, -0.25) is 14.4 Å². The highest BCUT2D eigenvalue weighted by Gasteiger charge is 2.19. The highest BCUT2D eigenvalue weighted by atomic mass is 16.6. The van der Waals surface area contributed by atoms with Crippen molar-refractivity contribution < 1.29 is 28.6 Å². The summed E-state index contributed by atoms with van der Waals surface area (Å²) in [6.07, 6.45) is 100. The molecule has 0 aliphatic rings. The Morgan fingerprint density at radius 1 is 0.259 bits per heavy atom. The van der Waals surface area contributed by atoms with E-state index in [0.717, 1.165) is 186 Å². The first-order chi connectivity index (χ1) is 40.0. The fraction of sp³-hybridized carbons (Fsp3) is 0.560. The number of unbranched alkanes of at least 4 members (excludes halogenated alkanes) is 15. The van der Waals surface area contributed by atoms with Crippen LogP contribution in [-0.2, 0) is 28.6 Å². The number of hydrogen-bond acceptors (Lipinski definition) is 6. The Hall–Kier alpha value is -5.49. The normalized spacial score (nSPS) is 13.4. The van der Waals surface area contributed by atoms with E-state index in [0.29, 0.717) is 12.8 Å². The summed E-state index contributed by atoms with van der Waals surface area (Å²) in [4.78, 5) is 38.2. The van der Waals surface area contributed by atoms with Crippen LogP contribution >= 0.6 is 0 Å². The van der Waals surface area contributed by atoms with Crippen LogP contribution in [0.2, 0.25) is 0 Å². The lowest BCUT2D eigenvalue weighted by Gasteiger charge is -2.18. The summed E-state index contributed by atoms with van der Waals surface area (Å²) in [7, 11) is 0. The average molecular weight is 1110 g/mol. The summed E-state index contributed by atoms with van der Waals surface area (Å²) >= 11 is 0. The van der Waals surface area contributed by atoms with Gasteiger partial charge in [0.15, 0.2) is 6.10 Å². The van der Waals surface area contributed by atoms with E-state index >= 15 is 0 Å². The first-order valence-electron chi connectivity index (χ1n) is 32.3. The largest absolute Gasteiger partial charge is 0.462 e. The molecule has 0 bridgehead atoms. The van der Waals surface area contributed by atoms with Crippen molar-refractivity contribution in [3.8, 4) is 0 Å². The molecule has 0 amide bonds. The first-order valence-corrected chi connectivity index (χ1v) is 32.3. The van der Waals surface area contributed by atoms with Gasteiger partial charge in [-0.2, -0.15) is 0 Å². The number of carbonyl (C=O) groups excluding carboxylic acids is 3. The quantitative estimate of drug-likeness (QED) is 0.0261. The molecule has 0 N–H and O–H groups in total. The number of rotatable bonds is 56. The van der Waals surface area contributed by atoms with Crippen molar-refractivity contribution in [2.75, 3.05) is 13.2 Å². The zero-order valence-corrected chi connectivity index (χ0v) is 51.7. The Morgan fingerprint density at radius 2 is 0.481 bits per heavy atom. The second-order valence-electron chi connectivity index (χ2n) is 20.5. The molecule has 0 fully saturated rings. The average Bonchev–Trinajstić information content (AvgIpc) is 3.47. The van der Waals surface area contributed by atoms with Crippen LogP contribution in [0.1, 0.15) is 252 Å². The van der Waals surface area contributed by atoms with Gasteiger partial charge in [0.1, 0.15) is 13.2 Å². The maximum absolute atomic E-state index is 12.9. The fourth-order valence-corrected chi connectivity index (χ4v) is 8.09. The Labute approximate surface area is 497 Å². The van der Waals surface area contributed by atoms with Crippen molar-refractivity contribution in [2.45, 2.75) is 258 Å². The molecule has 0 radical (unpaired) electrons. The Kier molecular flexibility index (Phi) is 62.5. The van der Waals surface area contributed by atoms with E-state index in [1.807, 2.05) is 0 Å². The Morgan fingerprint density at radius 3 is 0.765 bits per heavy atom. The molecule has 0 aliphatic heterocycles. The maximum atomic E-state index is 12.9. The molecule has 81 heavy (non-hydrogen) atoms. The molecule has 0 spiro atoms. The number of esters is 3. The number of allylic oxidation sites excluding steroid dienone is 30. The van der Waals surface area contributed by atoms with E-state index in [1.165, 1.54) is 25.7 Å². The van der Waals surface area contributed by atoms with Gasteiger partial charge in [0.25, 0.3) is 0 Å². The monoisotopic (exact) mass is 1110 g/mol. The van der Waals surface area contributed by atoms with Crippen molar-refractivity contribution in [3.05, 3.63) is 182 Å². The lowest BCUT2D eigenvalue weighted by molar-refractivity contribution is -0.167. The summed E-state index contributed by atoms with van der Waals surface area (Å²) in [6.45, 7) is 6.31. The molecule has 0 saturated heterocycles. The maximum Gasteiger partial charge on any atom is 0.306 e. The third-order valence-corrected chi connectivity index (χ3v) is 12.9. The molecule has 0 rings (SSSR count). The minimum absolute atomic E-state index is 0.109. The van der Waals surface area contributed by atoms with Crippen molar-refractivity contribution in [3.63, 3.8) is 0 Å². The van der Waals surface area contributed by atoms with Crippen LogP contribution in [0, 0.1) is 0 Å². The third kappa shape index (κ3) is 65.2. The Bertz CT molecular complexity index is 1900. The van der Waals surface area contributed by atoms with Crippen LogP contribution in [0.5, 0.6) is 0 Å². The second-order valence-corrected chi connectivity index (χ2v) is 20.5. The molecular formula is C75H116O6. The predicted molar refractivity (Wildman–Crippen MR) is 352 cm³/mol. The van der Waals surface area contributed by atoms with Crippen LogP contribution < -0.4 is 0 Å². The number of ether oxygens (including phenoxy) is 3. The molecule has 0 aliphatic carbocycles. The van der Waals surface area contributed by atoms with E-state index in [1.54, 1.807) is 0 Å². The summed E-state index contributed by atoms with van der Waals surface area (Å²) in [5.74, 6) is -0.976. The highest BCUT2D eigenvalue weighted by molar-refractivity contribution is 5.71. The van der Waals surface area contributed by atoms with E-state index in [9.17, 15) is 14.4 Å². The van der Waals surface area contributed by atoms with Gasteiger partial charge in [0.05, 0.1) is 0 Å².